The van der Waals surface area contributed by atoms with Crippen molar-refractivity contribution in [3.8, 4) is 11.5 Å². The maximum Gasteiger partial charge on any atom is 0.127 e. The van der Waals surface area contributed by atoms with Crippen LogP contribution in [0.5, 0.6) is 11.5 Å². The van der Waals surface area contributed by atoms with Crippen LogP contribution in [0.15, 0.2) is 18.2 Å². The molecule has 0 saturated carbocycles. The highest BCUT2D eigenvalue weighted by Gasteiger charge is 2.24. The van der Waals surface area contributed by atoms with Crippen LogP contribution in [0.2, 0.25) is 0 Å². The number of hydrogen-bond donors (Lipinski definition) is 2. The normalized spacial score (nSPS) is 18.2. The Balaban J connectivity index is 2.26. The quantitative estimate of drug-likeness (QED) is 0.853. The molecule has 0 radical (unpaired) electrons. The zero-order chi connectivity index (χ0) is 13.7. The summed E-state index contributed by atoms with van der Waals surface area (Å²) in [4.78, 5) is 2.27. The zero-order valence-corrected chi connectivity index (χ0v) is 11.2. The fraction of sp³-hybridized carbons (Fsp3) is 0.571. The second kappa shape index (κ2) is 6.73. The van der Waals surface area contributed by atoms with Gasteiger partial charge in [0.2, 0.25) is 0 Å². The minimum Gasteiger partial charge on any atom is -0.508 e. The second-order valence-corrected chi connectivity index (χ2v) is 4.71. The molecule has 0 amide bonds. The summed E-state index contributed by atoms with van der Waals surface area (Å²) < 4.78 is 18.2. The first kappa shape index (κ1) is 14.1. The van der Waals surface area contributed by atoms with Crippen molar-refractivity contribution in [2.24, 2.45) is 0 Å². The summed E-state index contributed by atoms with van der Waals surface area (Å²) in [5.74, 6) is 0.789. The Hall–Kier alpha value is -1.33. The number of hydrogen-bond acceptors (Lipinski definition) is 4. The molecule has 19 heavy (non-hydrogen) atoms. The Morgan fingerprint density at radius 2 is 2.16 bits per heavy atom. The predicted molar refractivity (Wildman–Crippen MR) is 72.4 cm³/mol. The minimum atomic E-state index is -0.362. The van der Waals surface area contributed by atoms with E-state index < -0.39 is 0 Å². The summed E-state index contributed by atoms with van der Waals surface area (Å²) in [6.45, 7) is 3.27. The van der Waals surface area contributed by atoms with Crippen LogP contribution in [0.3, 0.4) is 0 Å². The van der Waals surface area contributed by atoms with Crippen molar-refractivity contribution in [2.45, 2.75) is 12.5 Å². The van der Waals surface area contributed by atoms with Crippen LogP contribution in [0.1, 0.15) is 18.0 Å². The number of nitrogens with one attached hydrogen (secondary N) is 1. The van der Waals surface area contributed by atoms with Gasteiger partial charge in [0.1, 0.15) is 11.5 Å². The third kappa shape index (κ3) is 3.36. The summed E-state index contributed by atoms with van der Waals surface area (Å²) in [5.41, 5.74) is 0.944. The van der Waals surface area contributed by atoms with E-state index in [1.54, 1.807) is 19.2 Å². The van der Waals surface area contributed by atoms with Gasteiger partial charge in [0.25, 0.3) is 0 Å². The third-order valence-corrected chi connectivity index (χ3v) is 3.55. The molecule has 0 aliphatic carbocycles. The lowest BCUT2D eigenvalue weighted by atomic mass is 10.0. The second-order valence-electron chi connectivity index (χ2n) is 4.71. The van der Waals surface area contributed by atoms with E-state index in [1.807, 2.05) is 6.07 Å². The highest BCUT2D eigenvalue weighted by Crippen LogP contribution is 2.34. The fourth-order valence-electron chi connectivity index (χ4n) is 2.61. The average Bonchev–Trinajstić information content (AvgIpc) is 2.46. The Kier molecular flexibility index (Phi) is 4.99. The summed E-state index contributed by atoms with van der Waals surface area (Å²) in [6, 6.07) is 5.05. The molecule has 1 aromatic rings. The molecule has 106 valence electrons. The molecule has 0 bridgehead atoms. The Bertz CT molecular complexity index is 408. The molecular formula is C14H21FN2O2. The molecular weight excluding hydrogens is 247 g/mol. The maximum atomic E-state index is 12.9. The van der Waals surface area contributed by atoms with Crippen molar-refractivity contribution in [2.75, 3.05) is 40.0 Å². The van der Waals surface area contributed by atoms with Gasteiger partial charge in [-0.2, -0.15) is 0 Å². The summed E-state index contributed by atoms with van der Waals surface area (Å²) in [7, 11) is 1.57. The first-order valence-electron chi connectivity index (χ1n) is 6.64. The zero-order valence-electron chi connectivity index (χ0n) is 11.2. The lowest BCUT2D eigenvalue weighted by Gasteiger charge is -2.35. The number of alkyl halides is 1. The highest BCUT2D eigenvalue weighted by molar-refractivity contribution is 5.42. The topological polar surface area (TPSA) is 44.7 Å². The van der Waals surface area contributed by atoms with Gasteiger partial charge < -0.3 is 15.2 Å². The molecule has 1 aliphatic heterocycles. The summed E-state index contributed by atoms with van der Waals surface area (Å²) >= 11 is 0. The van der Waals surface area contributed by atoms with Crippen molar-refractivity contribution >= 4 is 0 Å². The summed E-state index contributed by atoms with van der Waals surface area (Å²) in [6.07, 6.45) is 0.446. The van der Waals surface area contributed by atoms with Crippen molar-refractivity contribution in [1.29, 1.82) is 0 Å². The molecule has 5 heteroatoms. The van der Waals surface area contributed by atoms with E-state index in [4.69, 9.17) is 4.74 Å². The van der Waals surface area contributed by atoms with Gasteiger partial charge in [0, 0.05) is 43.9 Å². The van der Waals surface area contributed by atoms with Gasteiger partial charge in [0.15, 0.2) is 0 Å². The van der Waals surface area contributed by atoms with Gasteiger partial charge >= 0.3 is 0 Å². The number of methoxy groups -OCH3 is 1. The molecule has 4 nitrogen and oxygen atoms in total. The van der Waals surface area contributed by atoms with Crippen LogP contribution in [0, 0.1) is 0 Å². The van der Waals surface area contributed by atoms with E-state index in [0.29, 0.717) is 12.2 Å². The number of benzene rings is 1. The van der Waals surface area contributed by atoms with Crippen LogP contribution in [0.4, 0.5) is 4.39 Å². The number of nitrogens with zero attached hydrogens (tertiary/aromatic N) is 1. The van der Waals surface area contributed by atoms with E-state index in [2.05, 4.69) is 10.2 Å². The number of aromatic hydroxyl groups is 1. The number of ether oxygens (including phenoxy) is 1. The van der Waals surface area contributed by atoms with Crippen LogP contribution in [0.25, 0.3) is 0 Å². The molecule has 0 unspecified atom stereocenters. The van der Waals surface area contributed by atoms with E-state index >= 15 is 0 Å². The predicted octanol–water partition coefficient (Wildman–Crippen LogP) is 1.71. The number of phenolic OH excluding ortho intramolecular Hbond substituents is 1. The average molecular weight is 268 g/mol. The number of piperazine rings is 1. The van der Waals surface area contributed by atoms with E-state index in [-0.39, 0.29) is 18.5 Å². The molecule has 0 spiro atoms. The molecule has 1 atom stereocenters. The Labute approximate surface area is 113 Å². The molecule has 1 heterocycles. The first-order chi connectivity index (χ1) is 9.26. The van der Waals surface area contributed by atoms with Crippen LogP contribution in [-0.4, -0.2) is 50.0 Å². The van der Waals surface area contributed by atoms with Gasteiger partial charge in [-0.05, 0) is 12.5 Å². The summed E-state index contributed by atoms with van der Waals surface area (Å²) in [5, 5.41) is 12.8. The molecule has 0 aromatic heterocycles. The number of phenols is 1. The SMILES string of the molecule is COc1cc(O)ccc1[C@H](CCF)N1CCNCC1. The minimum absolute atomic E-state index is 0.00245. The van der Waals surface area contributed by atoms with Gasteiger partial charge in [-0.3, -0.25) is 9.29 Å². The van der Waals surface area contributed by atoms with E-state index in [0.717, 1.165) is 31.7 Å². The molecule has 1 aliphatic rings. The molecule has 2 rings (SSSR count). The lowest BCUT2D eigenvalue weighted by Crippen LogP contribution is -2.45. The largest absolute Gasteiger partial charge is 0.508 e. The van der Waals surface area contributed by atoms with Gasteiger partial charge in [-0.25, -0.2) is 0 Å². The number of halogens is 1. The highest BCUT2D eigenvalue weighted by atomic mass is 19.1. The molecule has 2 N–H and O–H groups in total. The smallest absolute Gasteiger partial charge is 0.127 e. The van der Waals surface area contributed by atoms with Crippen molar-refractivity contribution in [1.82, 2.24) is 10.2 Å². The first-order valence-corrected chi connectivity index (χ1v) is 6.64. The standard InChI is InChI=1S/C14H21FN2O2/c1-19-14-10-11(18)2-3-12(14)13(4-5-15)17-8-6-16-7-9-17/h2-3,10,13,16,18H,4-9H2,1H3/t13-/m0/s1. The van der Waals surface area contributed by atoms with Gasteiger partial charge in [-0.1, -0.05) is 6.07 Å². The maximum absolute atomic E-state index is 12.9. The van der Waals surface area contributed by atoms with Crippen LogP contribution < -0.4 is 10.1 Å². The van der Waals surface area contributed by atoms with E-state index in [9.17, 15) is 9.50 Å². The van der Waals surface area contributed by atoms with Crippen molar-refractivity contribution in [3.05, 3.63) is 23.8 Å². The lowest BCUT2D eigenvalue weighted by molar-refractivity contribution is 0.155. The number of rotatable bonds is 5. The Morgan fingerprint density at radius 3 is 2.79 bits per heavy atom. The van der Waals surface area contributed by atoms with Gasteiger partial charge in [0.05, 0.1) is 13.8 Å². The van der Waals surface area contributed by atoms with Crippen molar-refractivity contribution in [3.63, 3.8) is 0 Å². The monoisotopic (exact) mass is 268 g/mol. The van der Waals surface area contributed by atoms with Crippen LogP contribution >= 0.6 is 0 Å². The molecule has 1 saturated heterocycles. The van der Waals surface area contributed by atoms with Crippen molar-refractivity contribution < 1.29 is 14.2 Å². The Morgan fingerprint density at radius 1 is 1.42 bits per heavy atom. The molecule has 1 fully saturated rings. The van der Waals surface area contributed by atoms with Gasteiger partial charge in [-0.15, -0.1) is 0 Å². The third-order valence-electron chi connectivity index (χ3n) is 3.55. The van der Waals surface area contributed by atoms with E-state index in [1.165, 1.54) is 0 Å². The fourth-order valence-corrected chi connectivity index (χ4v) is 2.61. The molecule has 1 aromatic carbocycles. The van der Waals surface area contributed by atoms with Crippen LogP contribution in [-0.2, 0) is 0 Å².